The maximum Gasteiger partial charge on any atom is 0.303 e. The Labute approximate surface area is 328 Å². The van der Waals surface area contributed by atoms with Crippen molar-refractivity contribution in [3.63, 3.8) is 0 Å². The Balaban J connectivity index is 1.28. The lowest BCUT2D eigenvalue weighted by atomic mass is 9.97. The summed E-state index contributed by atoms with van der Waals surface area (Å²) in [6.07, 6.45) is -24.4. The van der Waals surface area contributed by atoms with Crippen LogP contribution in [0.5, 0.6) is 23.0 Å². The SMILES string of the molecule is CC(=O)O[C@@H]1[C@@H](O[C@@H]2O[C@@H](C)[C@H](O)[C@@H](O)[C@H]2O)[C@@H](OC(C)=O)[C@H](OC[C@H]2O[C@@H](Oc3c(-c4ccc(O)cc4)oc4cc(O)cc(O)c4c3=O)[C@H](O)[C@@H](O)[C@H]2O)O[C@H]1C. The summed E-state index contributed by atoms with van der Waals surface area (Å²) >= 11 is 0. The molecule has 0 bridgehead atoms. The molecule has 318 valence electrons. The maximum atomic E-state index is 13.9. The number of aliphatic hydroxyl groups is 6. The van der Waals surface area contributed by atoms with Crippen molar-refractivity contribution >= 4 is 22.9 Å². The number of fused-ring (bicyclic) bond motifs is 1. The van der Waals surface area contributed by atoms with E-state index in [9.17, 15) is 60.3 Å². The molecule has 0 amide bonds. The lowest BCUT2D eigenvalue weighted by Gasteiger charge is -2.47. The molecule has 2 aromatic carbocycles. The predicted octanol–water partition coefficient (Wildman–Crippen LogP) is -1.40. The van der Waals surface area contributed by atoms with E-state index >= 15 is 0 Å². The first-order valence-electron chi connectivity index (χ1n) is 18.0. The summed E-state index contributed by atoms with van der Waals surface area (Å²) in [7, 11) is 0. The van der Waals surface area contributed by atoms with E-state index in [4.69, 9.17) is 42.3 Å². The van der Waals surface area contributed by atoms with Crippen LogP contribution in [0.25, 0.3) is 22.3 Å². The number of hydrogen-bond acceptors (Lipinski definition) is 21. The topological polar surface area (TPSA) is 320 Å². The lowest BCUT2D eigenvalue weighted by molar-refractivity contribution is -0.359. The molecule has 21 heteroatoms. The predicted molar refractivity (Wildman–Crippen MR) is 189 cm³/mol. The summed E-state index contributed by atoms with van der Waals surface area (Å²) in [5.41, 5.74) is -1.12. The van der Waals surface area contributed by atoms with E-state index in [0.717, 1.165) is 26.0 Å². The molecule has 3 fully saturated rings. The number of benzene rings is 2. The average molecular weight is 825 g/mol. The van der Waals surface area contributed by atoms with Gasteiger partial charge in [-0.25, -0.2) is 0 Å². The van der Waals surface area contributed by atoms with Gasteiger partial charge in [-0.3, -0.25) is 14.4 Å². The van der Waals surface area contributed by atoms with Crippen LogP contribution >= 0.6 is 0 Å². The first-order chi connectivity index (χ1) is 27.4. The molecule has 3 aliphatic heterocycles. The van der Waals surface area contributed by atoms with Crippen molar-refractivity contribution in [3.8, 4) is 34.3 Å². The quantitative estimate of drug-likeness (QED) is 0.106. The van der Waals surface area contributed by atoms with Gasteiger partial charge in [0.05, 0.1) is 18.8 Å². The number of ether oxygens (including phenoxy) is 8. The molecule has 21 nitrogen and oxygen atoms in total. The Bertz CT molecular complexity index is 2000. The molecule has 9 N–H and O–H groups in total. The molecule has 4 heterocycles. The minimum absolute atomic E-state index is 0.143. The summed E-state index contributed by atoms with van der Waals surface area (Å²) in [6, 6.07) is 7.17. The Morgan fingerprint density at radius 3 is 1.93 bits per heavy atom. The van der Waals surface area contributed by atoms with Crippen LogP contribution in [0.15, 0.2) is 45.6 Å². The largest absolute Gasteiger partial charge is 0.508 e. The van der Waals surface area contributed by atoms with Crippen molar-refractivity contribution in [3.05, 3.63) is 46.6 Å². The first kappa shape index (κ1) is 42.9. The third kappa shape index (κ3) is 8.70. The van der Waals surface area contributed by atoms with E-state index < -0.39 is 139 Å². The highest BCUT2D eigenvalue weighted by molar-refractivity contribution is 5.88. The number of rotatable bonds is 10. The number of carbonyl (C=O) groups is 2. The summed E-state index contributed by atoms with van der Waals surface area (Å²) in [4.78, 5) is 38.4. The third-order valence-electron chi connectivity index (χ3n) is 9.81. The molecule has 1 aromatic heterocycles. The minimum Gasteiger partial charge on any atom is -0.508 e. The fourth-order valence-corrected chi connectivity index (χ4v) is 6.85. The van der Waals surface area contributed by atoms with Gasteiger partial charge in [-0.05, 0) is 38.1 Å². The van der Waals surface area contributed by atoms with E-state index in [-0.39, 0.29) is 22.7 Å². The molecule has 0 unspecified atom stereocenters. The van der Waals surface area contributed by atoms with Crippen LogP contribution in [0, 0.1) is 0 Å². The minimum atomic E-state index is -2.03. The number of phenolic OH excluding ortho intramolecular Hbond substituents is 3. The maximum absolute atomic E-state index is 13.9. The van der Waals surface area contributed by atoms with E-state index in [2.05, 4.69) is 0 Å². The Morgan fingerprint density at radius 1 is 0.672 bits per heavy atom. The molecule has 15 atom stereocenters. The number of aromatic hydroxyl groups is 3. The van der Waals surface area contributed by atoms with Crippen molar-refractivity contribution in [2.24, 2.45) is 0 Å². The normalized spacial score (nSPS) is 35.3. The van der Waals surface area contributed by atoms with E-state index in [1.54, 1.807) is 0 Å². The molecular weight excluding hydrogens is 780 g/mol. The van der Waals surface area contributed by atoms with Crippen LogP contribution in [0.2, 0.25) is 0 Å². The fourth-order valence-electron chi connectivity index (χ4n) is 6.85. The molecule has 0 radical (unpaired) electrons. The van der Waals surface area contributed by atoms with Gasteiger partial charge in [0.2, 0.25) is 17.5 Å². The number of carbonyl (C=O) groups excluding carboxylic acids is 2. The zero-order valence-electron chi connectivity index (χ0n) is 31.3. The molecule has 0 saturated carbocycles. The first-order valence-corrected chi connectivity index (χ1v) is 18.0. The highest BCUT2D eigenvalue weighted by Gasteiger charge is 2.54. The molecule has 6 rings (SSSR count). The Morgan fingerprint density at radius 2 is 1.28 bits per heavy atom. The second kappa shape index (κ2) is 17.3. The molecule has 3 aromatic rings. The van der Waals surface area contributed by atoms with Gasteiger partial charge in [-0.1, -0.05) is 0 Å². The van der Waals surface area contributed by atoms with Gasteiger partial charge < -0.3 is 88.3 Å². The highest BCUT2D eigenvalue weighted by Crippen LogP contribution is 2.38. The summed E-state index contributed by atoms with van der Waals surface area (Å²) < 4.78 is 51.8. The molecule has 3 aliphatic rings. The molecule has 3 saturated heterocycles. The van der Waals surface area contributed by atoms with Gasteiger partial charge in [-0.15, -0.1) is 0 Å². The van der Waals surface area contributed by atoms with Gasteiger partial charge in [0.1, 0.15) is 77.0 Å². The second-order valence-electron chi connectivity index (χ2n) is 14.1. The van der Waals surface area contributed by atoms with E-state index in [0.29, 0.717) is 0 Å². The van der Waals surface area contributed by atoms with E-state index in [1.165, 1.54) is 38.1 Å². The number of hydrogen-bond donors (Lipinski definition) is 9. The van der Waals surface area contributed by atoms with Crippen molar-refractivity contribution in [1.29, 1.82) is 0 Å². The number of esters is 2. The van der Waals surface area contributed by atoms with Crippen LogP contribution in [0.4, 0.5) is 0 Å². The number of phenols is 3. The molecule has 58 heavy (non-hydrogen) atoms. The average Bonchev–Trinajstić information content (AvgIpc) is 3.15. The van der Waals surface area contributed by atoms with Crippen LogP contribution in [-0.2, 0) is 42.7 Å². The van der Waals surface area contributed by atoms with Crippen molar-refractivity contribution in [2.75, 3.05) is 6.61 Å². The summed E-state index contributed by atoms with van der Waals surface area (Å²) in [5.74, 6) is -3.93. The highest BCUT2D eigenvalue weighted by atomic mass is 16.8. The van der Waals surface area contributed by atoms with Gasteiger partial charge in [0, 0.05) is 31.5 Å². The van der Waals surface area contributed by atoms with Crippen molar-refractivity contribution < 1.29 is 97.9 Å². The monoisotopic (exact) mass is 824 g/mol. The third-order valence-corrected chi connectivity index (χ3v) is 9.81. The lowest BCUT2D eigenvalue weighted by Crippen LogP contribution is -2.65. The van der Waals surface area contributed by atoms with Gasteiger partial charge in [-0.2, -0.15) is 0 Å². The Hall–Kier alpha value is -4.65. The fraction of sp³-hybridized carbons (Fsp3) is 0.541. The smallest absolute Gasteiger partial charge is 0.303 e. The van der Waals surface area contributed by atoms with Crippen LogP contribution in [0.3, 0.4) is 0 Å². The van der Waals surface area contributed by atoms with Crippen molar-refractivity contribution in [1.82, 2.24) is 0 Å². The van der Waals surface area contributed by atoms with Crippen LogP contribution < -0.4 is 10.2 Å². The second-order valence-corrected chi connectivity index (χ2v) is 14.1. The zero-order chi connectivity index (χ0) is 42.3. The van der Waals surface area contributed by atoms with Crippen LogP contribution in [-0.4, -0.2) is 157 Å². The molecule has 0 spiro atoms. The van der Waals surface area contributed by atoms with Gasteiger partial charge >= 0.3 is 11.9 Å². The van der Waals surface area contributed by atoms with Crippen molar-refractivity contribution in [2.45, 2.75) is 120 Å². The van der Waals surface area contributed by atoms with Gasteiger partial charge in [0.25, 0.3) is 0 Å². The molecule has 0 aliphatic carbocycles. The zero-order valence-corrected chi connectivity index (χ0v) is 31.3. The Kier molecular flexibility index (Phi) is 12.8. The van der Waals surface area contributed by atoms with Gasteiger partial charge in [0.15, 0.2) is 30.5 Å². The summed E-state index contributed by atoms with van der Waals surface area (Å²) in [6.45, 7) is 4.25. The van der Waals surface area contributed by atoms with E-state index in [1.807, 2.05) is 0 Å². The standard InChI is InChI=1S/C37H44O21/c1-12-23(43)26(46)28(48)35(51-12)58-33-30(53-14(3)38)13(2)52-37(34(33)54-15(4)39)50-11-21-24(44)27(47)29(49)36(56-21)57-32-25(45)22-19(42)9-18(41)10-20(22)55-31(32)16-5-7-17(40)8-6-16/h5-10,12-13,21,23-24,26-30,33-37,40-44,46-49H,11H2,1-4H3/t12-,13-,21+,23-,24-,26+,27-,28+,29+,30-,33+,34+,35-,36-,37+/m0/s1. The van der Waals surface area contributed by atoms with Crippen LogP contribution in [0.1, 0.15) is 27.7 Å². The summed E-state index contributed by atoms with van der Waals surface area (Å²) in [5, 5.41) is 94.2. The molecular formula is C37H44O21. The number of aliphatic hydroxyl groups excluding tert-OH is 6.